The maximum absolute atomic E-state index is 14.2. The van der Waals surface area contributed by atoms with E-state index >= 15 is 0 Å². The van der Waals surface area contributed by atoms with Gasteiger partial charge in [0.2, 0.25) is 5.91 Å². The van der Waals surface area contributed by atoms with E-state index in [0.29, 0.717) is 30.6 Å². The van der Waals surface area contributed by atoms with E-state index in [1.54, 1.807) is 6.92 Å². The van der Waals surface area contributed by atoms with Crippen molar-refractivity contribution in [3.63, 3.8) is 0 Å². The summed E-state index contributed by atoms with van der Waals surface area (Å²) < 4.78 is 28.4. The molecule has 2 aromatic rings. The number of anilines is 1. The van der Waals surface area contributed by atoms with Crippen LogP contribution in [0.2, 0.25) is 0 Å². The van der Waals surface area contributed by atoms with Crippen molar-refractivity contribution in [3.05, 3.63) is 53.2 Å². The van der Waals surface area contributed by atoms with Crippen LogP contribution in [0.4, 0.5) is 14.6 Å². The number of carbonyl (C=O) groups is 2. The number of rotatable bonds is 10. The molecule has 0 aliphatic carbocycles. The van der Waals surface area contributed by atoms with Gasteiger partial charge in [0, 0.05) is 69.0 Å². The van der Waals surface area contributed by atoms with Crippen LogP contribution in [-0.4, -0.2) is 94.9 Å². The molecule has 3 heterocycles. The van der Waals surface area contributed by atoms with Gasteiger partial charge in [0.05, 0.1) is 18.2 Å². The van der Waals surface area contributed by atoms with Crippen LogP contribution in [-0.2, 0) is 22.6 Å². The van der Waals surface area contributed by atoms with Crippen molar-refractivity contribution >= 4 is 18.0 Å². The summed E-state index contributed by atoms with van der Waals surface area (Å²) in [7, 11) is 0. The Kier molecular flexibility index (Phi) is 8.94. The van der Waals surface area contributed by atoms with Crippen LogP contribution in [0.25, 0.3) is 0 Å². The Labute approximate surface area is 222 Å². The maximum Gasteiger partial charge on any atom is 0.233 e. The van der Waals surface area contributed by atoms with Gasteiger partial charge in [-0.3, -0.25) is 14.6 Å². The predicted molar refractivity (Wildman–Crippen MR) is 141 cm³/mol. The second-order valence-electron chi connectivity index (χ2n) is 10.2. The van der Waals surface area contributed by atoms with Crippen LogP contribution < -0.4 is 4.90 Å². The van der Waals surface area contributed by atoms with Gasteiger partial charge in [-0.1, -0.05) is 13.0 Å². The van der Waals surface area contributed by atoms with Crippen molar-refractivity contribution in [2.75, 3.05) is 50.7 Å². The fraction of sp³-hybridized carbons (Fsp3) is 0.536. The molecule has 2 atom stereocenters. The van der Waals surface area contributed by atoms with Crippen molar-refractivity contribution in [1.82, 2.24) is 19.7 Å². The van der Waals surface area contributed by atoms with Gasteiger partial charge in [-0.2, -0.15) is 0 Å². The Morgan fingerprint density at radius 3 is 2.50 bits per heavy atom. The molecule has 38 heavy (non-hydrogen) atoms. The molecule has 1 unspecified atom stereocenters. The number of benzene rings is 1. The molecule has 0 saturated carbocycles. The Morgan fingerprint density at radius 1 is 1.18 bits per heavy atom. The van der Waals surface area contributed by atoms with Crippen LogP contribution in [0, 0.1) is 17.6 Å². The lowest BCUT2D eigenvalue weighted by Gasteiger charge is -2.50. The monoisotopic (exact) mass is 529 g/mol. The zero-order valence-electron chi connectivity index (χ0n) is 22.3. The SMILES string of the molecule is CCN(Cc1cccc(N2CC(N3CCN(CC)[C@@H](C)C3)C2)n1)C(=O)C(C=O)Cc1c(F)cc(O)cc1F. The lowest BCUT2D eigenvalue weighted by atomic mass is 9.98. The number of phenols is 1. The molecule has 2 fully saturated rings. The summed E-state index contributed by atoms with van der Waals surface area (Å²) in [6, 6.07) is 8.29. The number of aromatic hydroxyl groups is 1. The van der Waals surface area contributed by atoms with Gasteiger partial charge < -0.3 is 19.7 Å². The number of hydrogen-bond acceptors (Lipinski definition) is 7. The predicted octanol–water partition coefficient (Wildman–Crippen LogP) is 2.69. The summed E-state index contributed by atoms with van der Waals surface area (Å²) >= 11 is 0. The van der Waals surface area contributed by atoms with Crippen molar-refractivity contribution in [1.29, 1.82) is 0 Å². The number of carbonyl (C=O) groups excluding carboxylic acids is 2. The fourth-order valence-corrected chi connectivity index (χ4v) is 5.40. The molecule has 1 aromatic carbocycles. The number of halogens is 2. The average molecular weight is 530 g/mol. The zero-order chi connectivity index (χ0) is 27.4. The third-order valence-electron chi connectivity index (χ3n) is 7.77. The molecule has 0 radical (unpaired) electrons. The van der Waals surface area contributed by atoms with E-state index in [4.69, 9.17) is 4.98 Å². The van der Waals surface area contributed by atoms with Crippen molar-refractivity contribution in [2.45, 2.75) is 45.8 Å². The molecule has 2 aliphatic rings. The minimum Gasteiger partial charge on any atom is -0.508 e. The van der Waals surface area contributed by atoms with E-state index in [-0.39, 0.29) is 6.54 Å². The third kappa shape index (κ3) is 6.13. The Hall–Kier alpha value is -3.11. The van der Waals surface area contributed by atoms with Gasteiger partial charge in [0.25, 0.3) is 0 Å². The van der Waals surface area contributed by atoms with Gasteiger partial charge >= 0.3 is 0 Å². The number of nitrogens with zero attached hydrogens (tertiary/aromatic N) is 5. The van der Waals surface area contributed by atoms with E-state index in [1.807, 2.05) is 18.2 Å². The number of piperazine rings is 1. The summed E-state index contributed by atoms with van der Waals surface area (Å²) in [6.07, 6.45) is -0.00742. The first-order chi connectivity index (χ1) is 18.2. The molecule has 206 valence electrons. The maximum atomic E-state index is 14.2. The van der Waals surface area contributed by atoms with Crippen molar-refractivity contribution < 1.29 is 23.5 Å². The molecule has 4 rings (SSSR count). The molecular formula is C28H37F2N5O3. The van der Waals surface area contributed by atoms with Crippen LogP contribution in [0.15, 0.2) is 30.3 Å². The lowest BCUT2D eigenvalue weighted by molar-refractivity contribution is -0.138. The van der Waals surface area contributed by atoms with E-state index < -0.39 is 41.2 Å². The minimum absolute atomic E-state index is 0.182. The fourth-order valence-electron chi connectivity index (χ4n) is 5.40. The van der Waals surface area contributed by atoms with Crippen LogP contribution in [0.1, 0.15) is 32.0 Å². The number of aromatic nitrogens is 1. The number of phenolic OH excluding ortho intramolecular Hbond substituents is 1. The zero-order valence-corrected chi connectivity index (χ0v) is 22.3. The highest BCUT2D eigenvalue weighted by atomic mass is 19.1. The van der Waals surface area contributed by atoms with Crippen LogP contribution in [0.5, 0.6) is 5.75 Å². The molecular weight excluding hydrogens is 492 g/mol. The van der Waals surface area contributed by atoms with Gasteiger partial charge in [-0.05, 0) is 38.9 Å². The van der Waals surface area contributed by atoms with Gasteiger partial charge in [-0.15, -0.1) is 0 Å². The van der Waals surface area contributed by atoms with Crippen LogP contribution >= 0.6 is 0 Å². The highest BCUT2D eigenvalue weighted by Gasteiger charge is 2.36. The first-order valence-electron chi connectivity index (χ1n) is 13.3. The normalized spacial score (nSPS) is 19.7. The third-order valence-corrected chi connectivity index (χ3v) is 7.77. The number of hydrogen-bond donors (Lipinski definition) is 1. The second-order valence-corrected chi connectivity index (χ2v) is 10.2. The summed E-state index contributed by atoms with van der Waals surface area (Å²) in [5.41, 5.74) is 0.278. The van der Waals surface area contributed by atoms with Crippen LogP contribution in [0.3, 0.4) is 0 Å². The Balaban J connectivity index is 1.37. The highest BCUT2D eigenvalue weighted by molar-refractivity contribution is 5.92. The van der Waals surface area contributed by atoms with Crippen molar-refractivity contribution in [2.24, 2.45) is 5.92 Å². The summed E-state index contributed by atoms with van der Waals surface area (Å²) in [5.74, 6) is -3.46. The molecule has 0 spiro atoms. The molecule has 1 N–H and O–H groups in total. The Bertz CT molecular complexity index is 1120. The molecule has 2 saturated heterocycles. The molecule has 1 amide bonds. The molecule has 2 aliphatic heterocycles. The standard InChI is InChI=1S/C28H37F2N5O3/c1-4-32-9-10-34(14-19(32)3)22-16-35(17-22)27-8-6-7-21(31-27)15-33(5-2)28(38)20(18-36)11-24-25(29)12-23(37)13-26(24)30/h6-8,12-13,18-20,22,37H,4-5,9-11,14-17H2,1-3H3/t19-,20?/m0/s1. The topological polar surface area (TPSA) is 80.2 Å². The number of pyridine rings is 1. The smallest absolute Gasteiger partial charge is 0.233 e. The first-order valence-corrected chi connectivity index (χ1v) is 13.3. The molecule has 0 bridgehead atoms. The second kappa shape index (κ2) is 12.2. The lowest BCUT2D eigenvalue weighted by Crippen LogP contribution is -2.64. The van der Waals surface area contributed by atoms with Gasteiger partial charge in [0.1, 0.15) is 29.5 Å². The van der Waals surface area contributed by atoms with E-state index in [9.17, 15) is 23.5 Å². The minimum atomic E-state index is -1.25. The number of amides is 1. The molecule has 8 nitrogen and oxygen atoms in total. The van der Waals surface area contributed by atoms with Crippen molar-refractivity contribution in [3.8, 4) is 5.75 Å². The summed E-state index contributed by atoms with van der Waals surface area (Å²) in [4.78, 5) is 38.4. The Morgan fingerprint density at radius 2 is 1.89 bits per heavy atom. The van der Waals surface area contributed by atoms with E-state index in [2.05, 4.69) is 28.5 Å². The summed E-state index contributed by atoms with van der Waals surface area (Å²) in [5, 5.41) is 9.36. The van der Waals surface area contributed by atoms with Gasteiger partial charge in [-0.25, -0.2) is 13.8 Å². The summed E-state index contributed by atoms with van der Waals surface area (Å²) in [6.45, 7) is 12.9. The number of aldehydes is 1. The quantitative estimate of drug-likeness (QED) is 0.375. The van der Waals surface area contributed by atoms with Gasteiger partial charge in [0.15, 0.2) is 0 Å². The average Bonchev–Trinajstić information content (AvgIpc) is 2.86. The molecule has 1 aromatic heterocycles. The first kappa shape index (κ1) is 27.9. The van der Waals surface area contributed by atoms with E-state index in [0.717, 1.165) is 57.2 Å². The molecule has 10 heteroatoms. The highest BCUT2D eigenvalue weighted by Crippen LogP contribution is 2.26. The number of likely N-dealkylation sites (N-methyl/N-ethyl adjacent to an activating group) is 1. The largest absolute Gasteiger partial charge is 0.508 e. The van der Waals surface area contributed by atoms with E-state index in [1.165, 1.54) is 4.90 Å².